The Hall–Kier alpha value is -1.74. The maximum absolute atomic E-state index is 5.74. The van der Waals surface area contributed by atoms with Gasteiger partial charge in [-0.3, -0.25) is 0 Å². The van der Waals surface area contributed by atoms with E-state index >= 15 is 0 Å². The van der Waals surface area contributed by atoms with Crippen LogP contribution in [0, 0.1) is 0 Å². The molecule has 1 atom stereocenters. The molecule has 3 nitrogen and oxygen atoms in total. The van der Waals surface area contributed by atoms with Gasteiger partial charge in [-0.1, -0.05) is 12.1 Å². The van der Waals surface area contributed by atoms with Crippen LogP contribution >= 0.6 is 0 Å². The number of hydrogen-bond acceptors (Lipinski definition) is 2. The number of nitrogens with zero attached hydrogens (tertiary/aromatic N) is 1. The normalized spacial score (nSPS) is 12.7. The summed E-state index contributed by atoms with van der Waals surface area (Å²) in [6.07, 6.45) is 4.41. The maximum Gasteiger partial charge on any atom is 0.120 e. The van der Waals surface area contributed by atoms with Crippen LogP contribution in [0.4, 0.5) is 0 Å². The largest absolute Gasteiger partial charge is 0.491 e. The van der Waals surface area contributed by atoms with Crippen molar-refractivity contribution in [3.05, 3.63) is 53.9 Å². The second-order valence-corrected chi connectivity index (χ2v) is 5.53. The lowest BCUT2D eigenvalue weighted by Gasteiger charge is -2.16. The van der Waals surface area contributed by atoms with Crippen molar-refractivity contribution in [2.45, 2.75) is 39.5 Å². The molecule has 108 valence electrons. The van der Waals surface area contributed by atoms with Gasteiger partial charge in [-0.05, 0) is 50.1 Å². The first kappa shape index (κ1) is 14.7. The molecule has 20 heavy (non-hydrogen) atoms. The fourth-order valence-electron chi connectivity index (χ4n) is 2.18. The molecule has 0 radical (unpaired) electrons. The maximum atomic E-state index is 5.74. The molecule has 0 saturated heterocycles. The summed E-state index contributed by atoms with van der Waals surface area (Å²) in [6, 6.07) is 10.7. The zero-order chi connectivity index (χ0) is 14.5. The summed E-state index contributed by atoms with van der Waals surface area (Å²) in [5, 5.41) is 3.54. The zero-order valence-electron chi connectivity index (χ0n) is 12.8. The van der Waals surface area contributed by atoms with Gasteiger partial charge in [0.05, 0.1) is 6.10 Å². The van der Waals surface area contributed by atoms with Crippen LogP contribution in [0.15, 0.2) is 42.7 Å². The SMILES string of the molecule is CC(C)Oc1cccc(C(C)NCc2ccn(C)c2)c1. The third kappa shape index (κ3) is 4.14. The Labute approximate surface area is 121 Å². The predicted octanol–water partition coefficient (Wildman–Crippen LogP) is 3.66. The molecule has 1 aromatic carbocycles. The second kappa shape index (κ2) is 6.62. The van der Waals surface area contributed by atoms with E-state index in [4.69, 9.17) is 4.74 Å². The molecule has 0 spiro atoms. The van der Waals surface area contributed by atoms with E-state index in [0.717, 1.165) is 12.3 Å². The van der Waals surface area contributed by atoms with Crippen LogP contribution < -0.4 is 10.1 Å². The molecule has 0 aliphatic carbocycles. The summed E-state index contributed by atoms with van der Waals surface area (Å²) in [6.45, 7) is 7.14. The van der Waals surface area contributed by atoms with Crippen molar-refractivity contribution in [3.63, 3.8) is 0 Å². The van der Waals surface area contributed by atoms with E-state index in [1.54, 1.807) is 0 Å². The Morgan fingerprint density at radius 2 is 2.00 bits per heavy atom. The standard InChI is InChI=1S/C17H24N2O/c1-13(2)20-17-7-5-6-16(10-17)14(3)18-11-15-8-9-19(4)12-15/h5-10,12-14,18H,11H2,1-4H3. The topological polar surface area (TPSA) is 26.2 Å². The number of hydrogen-bond donors (Lipinski definition) is 1. The Kier molecular flexibility index (Phi) is 4.85. The summed E-state index contributed by atoms with van der Waals surface area (Å²) in [7, 11) is 2.04. The van der Waals surface area contributed by atoms with Crippen LogP contribution in [-0.4, -0.2) is 10.7 Å². The summed E-state index contributed by atoms with van der Waals surface area (Å²) in [4.78, 5) is 0. The summed E-state index contributed by atoms with van der Waals surface area (Å²) in [5.74, 6) is 0.936. The third-order valence-electron chi connectivity index (χ3n) is 3.24. The number of aromatic nitrogens is 1. The van der Waals surface area contributed by atoms with Crippen molar-refractivity contribution in [2.75, 3.05) is 0 Å². The first-order valence-corrected chi connectivity index (χ1v) is 7.15. The first-order chi connectivity index (χ1) is 9.54. The summed E-state index contributed by atoms with van der Waals surface area (Å²) < 4.78 is 7.81. The number of aryl methyl sites for hydroxylation is 1. The Morgan fingerprint density at radius 3 is 2.65 bits per heavy atom. The molecule has 1 aromatic heterocycles. The zero-order valence-corrected chi connectivity index (χ0v) is 12.8. The van der Waals surface area contributed by atoms with E-state index in [0.29, 0.717) is 6.04 Å². The van der Waals surface area contributed by atoms with Crippen LogP contribution in [0.25, 0.3) is 0 Å². The molecule has 0 aliphatic heterocycles. The second-order valence-electron chi connectivity index (χ2n) is 5.53. The fourth-order valence-corrected chi connectivity index (χ4v) is 2.18. The van der Waals surface area contributed by atoms with Crippen LogP contribution in [0.2, 0.25) is 0 Å². The molecule has 3 heteroatoms. The van der Waals surface area contributed by atoms with E-state index in [9.17, 15) is 0 Å². The minimum atomic E-state index is 0.206. The van der Waals surface area contributed by atoms with E-state index in [2.05, 4.69) is 47.4 Å². The van der Waals surface area contributed by atoms with E-state index in [1.807, 2.05) is 33.0 Å². The number of ether oxygens (including phenoxy) is 1. The smallest absolute Gasteiger partial charge is 0.120 e. The van der Waals surface area contributed by atoms with Gasteiger partial charge >= 0.3 is 0 Å². The minimum absolute atomic E-state index is 0.206. The molecule has 2 rings (SSSR count). The van der Waals surface area contributed by atoms with E-state index < -0.39 is 0 Å². The van der Waals surface area contributed by atoms with Gasteiger partial charge in [0.1, 0.15) is 5.75 Å². The van der Waals surface area contributed by atoms with Gasteiger partial charge < -0.3 is 14.6 Å². The molecule has 0 amide bonds. The van der Waals surface area contributed by atoms with Crippen molar-refractivity contribution in [1.29, 1.82) is 0 Å². The highest BCUT2D eigenvalue weighted by Crippen LogP contribution is 2.20. The van der Waals surface area contributed by atoms with E-state index in [1.165, 1.54) is 11.1 Å². The van der Waals surface area contributed by atoms with Gasteiger partial charge in [0.15, 0.2) is 0 Å². The van der Waals surface area contributed by atoms with Crippen LogP contribution in [-0.2, 0) is 13.6 Å². The van der Waals surface area contributed by atoms with Gasteiger partial charge in [0.2, 0.25) is 0 Å². The third-order valence-corrected chi connectivity index (χ3v) is 3.24. The molecule has 1 heterocycles. The highest BCUT2D eigenvalue weighted by atomic mass is 16.5. The Bertz CT molecular complexity index is 545. The fraction of sp³-hybridized carbons (Fsp3) is 0.412. The first-order valence-electron chi connectivity index (χ1n) is 7.15. The summed E-state index contributed by atoms with van der Waals surface area (Å²) >= 11 is 0. The molecule has 0 fully saturated rings. The molecule has 1 N–H and O–H groups in total. The predicted molar refractivity (Wildman–Crippen MR) is 82.9 cm³/mol. The molecule has 0 saturated carbocycles. The molecule has 2 aromatic rings. The van der Waals surface area contributed by atoms with Crippen molar-refractivity contribution < 1.29 is 4.74 Å². The van der Waals surface area contributed by atoms with Crippen molar-refractivity contribution in [1.82, 2.24) is 9.88 Å². The van der Waals surface area contributed by atoms with Gasteiger partial charge in [0.25, 0.3) is 0 Å². The average molecular weight is 272 g/mol. The number of nitrogens with one attached hydrogen (secondary N) is 1. The Balaban J connectivity index is 1.96. The number of rotatable bonds is 6. The van der Waals surface area contributed by atoms with Crippen LogP contribution in [0.3, 0.4) is 0 Å². The lowest BCUT2D eigenvalue weighted by molar-refractivity contribution is 0.242. The lowest BCUT2D eigenvalue weighted by atomic mass is 10.1. The quantitative estimate of drug-likeness (QED) is 0.868. The van der Waals surface area contributed by atoms with Crippen LogP contribution in [0.5, 0.6) is 5.75 Å². The molecular formula is C17H24N2O. The lowest BCUT2D eigenvalue weighted by Crippen LogP contribution is -2.18. The monoisotopic (exact) mass is 272 g/mol. The highest BCUT2D eigenvalue weighted by Gasteiger charge is 2.07. The van der Waals surface area contributed by atoms with Crippen molar-refractivity contribution in [2.24, 2.45) is 7.05 Å². The van der Waals surface area contributed by atoms with Crippen LogP contribution in [0.1, 0.15) is 37.9 Å². The molecule has 1 unspecified atom stereocenters. The summed E-state index contributed by atoms with van der Waals surface area (Å²) in [5.41, 5.74) is 2.55. The van der Waals surface area contributed by atoms with Gasteiger partial charge in [-0.25, -0.2) is 0 Å². The average Bonchev–Trinajstić information content (AvgIpc) is 2.81. The molecular weight excluding hydrogens is 248 g/mol. The van der Waals surface area contributed by atoms with Gasteiger partial charge in [0, 0.05) is 32.0 Å². The molecule has 0 aliphatic rings. The Morgan fingerprint density at radius 1 is 1.20 bits per heavy atom. The molecule has 0 bridgehead atoms. The van der Waals surface area contributed by atoms with E-state index in [-0.39, 0.29) is 6.10 Å². The number of benzene rings is 1. The minimum Gasteiger partial charge on any atom is -0.491 e. The highest BCUT2D eigenvalue weighted by molar-refractivity contribution is 5.30. The van der Waals surface area contributed by atoms with Crippen molar-refractivity contribution >= 4 is 0 Å². The van der Waals surface area contributed by atoms with Gasteiger partial charge in [-0.2, -0.15) is 0 Å². The van der Waals surface area contributed by atoms with Crippen molar-refractivity contribution in [3.8, 4) is 5.75 Å². The van der Waals surface area contributed by atoms with Gasteiger partial charge in [-0.15, -0.1) is 0 Å².